The van der Waals surface area contributed by atoms with Gasteiger partial charge in [0.1, 0.15) is 0 Å². The fourth-order valence-corrected chi connectivity index (χ4v) is 8.99. The molecule has 0 bridgehead atoms. The van der Waals surface area contributed by atoms with E-state index in [-0.39, 0.29) is 0 Å². The van der Waals surface area contributed by atoms with Crippen LogP contribution < -0.4 is 12.1 Å². The Hall–Kier alpha value is -2.65. The Bertz CT molecular complexity index is 1410. The van der Waals surface area contributed by atoms with Crippen LogP contribution in [0.25, 0.3) is 21.8 Å². The zero-order valence-corrected chi connectivity index (χ0v) is 21.0. The topological polar surface area (TPSA) is 76.5 Å². The first-order valence-corrected chi connectivity index (χ1v) is 14.5. The van der Waals surface area contributed by atoms with Crippen LogP contribution in [0.1, 0.15) is 36.6 Å². The second-order valence-electron chi connectivity index (χ2n) is 8.04. The molecule has 1 aliphatic carbocycles. The van der Waals surface area contributed by atoms with Gasteiger partial charge in [-0.25, -0.2) is 0 Å². The molecule has 0 unspecified atom stereocenters. The average Bonchev–Trinajstić information content (AvgIpc) is 3.51. The molecule has 6 rings (SSSR count). The van der Waals surface area contributed by atoms with E-state index in [2.05, 4.69) is 55.8 Å². The summed E-state index contributed by atoms with van der Waals surface area (Å²) in [7, 11) is 0. The van der Waals surface area contributed by atoms with Crippen molar-refractivity contribution in [2.24, 2.45) is 0 Å². The molecule has 1 aliphatic rings. The van der Waals surface area contributed by atoms with E-state index in [1.54, 1.807) is 0 Å². The summed E-state index contributed by atoms with van der Waals surface area (Å²) in [4.78, 5) is 13.9. The van der Waals surface area contributed by atoms with Gasteiger partial charge in [0.05, 0.1) is 0 Å². The summed E-state index contributed by atoms with van der Waals surface area (Å²) in [6, 6.07) is 14.5. The van der Waals surface area contributed by atoms with Gasteiger partial charge < -0.3 is 0 Å². The van der Waals surface area contributed by atoms with Crippen molar-refractivity contribution in [3.8, 4) is 0 Å². The number of aromatic nitrogens is 5. The quantitative estimate of drug-likeness (QED) is 0.337. The van der Waals surface area contributed by atoms with Gasteiger partial charge in [-0.15, -0.1) is 0 Å². The SMILES string of the molecule is c1ccc2c(Nc3cnc4cc[c]([Sn][c]5nnc(C6CCCC6)s5)nc4c3)cncc2c1. The molecule has 0 atom stereocenters. The van der Waals surface area contributed by atoms with Gasteiger partial charge in [-0.2, -0.15) is 0 Å². The van der Waals surface area contributed by atoms with Gasteiger partial charge in [0.15, 0.2) is 0 Å². The summed E-state index contributed by atoms with van der Waals surface area (Å²) in [6.45, 7) is 0. The maximum atomic E-state index is 4.94. The molecular formula is C24H20N6SSn. The minimum atomic E-state index is -1.07. The number of nitrogens with one attached hydrogen (secondary N) is 1. The predicted molar refractivity (Wildman–Crippen MR) is 131 cm³/mol. The Morgan fingerprint density at radius 2 is 1.84 bits per heavy atom. The van der Waals surface area contributed by atoms with Crippen LogP contribution in [0.4, 0.5) is 11.4 Å². The Labute approximate surface area is 199 Å². The number of hydrogen-bond donors (Lipinski definition) is 1. The number of hydrogen-bond acceptors (Lipinski definition) is 7. The molecule has 0 saturated heterocycles. The Balaban J connectivity index is 1.26. The van der Waals surface area contributed by atoms with Crippen molar-refractivity contribution in [3.05, 3.63) is 66.1 Å². The summed E-state index contributed by atoms with van der Waals surface area (Å²) < 4.78 is 2.35. The summed E-state index contributed by atoms with van der Waals surface area (Å²) in [5.41, 5.74) is 3.68. The first-order chi connectivity index (χ1) is 15.8. The van der Waals surface area contributed by atoms with Gasteiger partial charge in [-0.05, 0) is 0 Å². The Morgan fingerprint density at radius 1 is 0.938 bits per heavy atom. The van der Waals surface area contributed by atoms with Crippen molar-refractivity contribution >= 4 is 72.4 Å². The van der Waals surface area contributed by atoms with E-state index in [0.717, 1.165) is 36.9 Å². The molecule has 0 amide bonds. The number of rotatable bonds is 5. The molecule has 156 valence electrons. The third-order valence-corrected chi connectivity index (χ3v) is 10.7. The molecule has 4 heterocycles. The number of nitrogens with zero attached hydrogens (tertiary/aromatic N) is 5. The van der Waals surface area contributed by atoms with E-state index < -0.39 is 21.1 Å². The van der Waals surface area contributed by atoms with Crippen LogP contribution in [0.15, 0.2) is 61.1 Å². The van der Waals surface area contributed by atoms with Gasteiger partial charge in [0.25, 0.3) is 0 Å². The molecule has 0 spiro atoms. The van der Waals surface area contributed by atoms with Crippen molar-refractivity contribution in [1.29, 1.82) is 0 Å². The fourth-order valence-electron chi connectivity index (χ4n) is 4.25. The predicted octanol–water partition coefficient (Wildman–Crippen LogP) is 4.09. The zero-order chi connectivity index (χ0) is 21.3. The molecule has 4 aromatic heterocycles. The first-order valence-electron chi connectivity index (χ1n) is 10.8. The van der Waals surface area contributed by atoms with Gasteiger partial charge in [0.2, 0.25) is 0 Å². The van der Waals surface area contributed by atoms with Crippen LogP contribution in [-0.2, 0) is 0 Å². The second kappa shape index (κ2) is 8.71. The molecule has 1 fully saturated rings. The first kappa shape index (κ1) is 20.0. The summed E-state index contributed by atoms with van der Waals surface area (Å²) in [6.07, 6.45) is 10.8. The van der Waals surface area contributed by atoms with E-state index >= 15 is 0 Å². The third-order valence-electron chi connectivity index (χ3n) is 5.86. The van der Waals surface area contributed by atoms with E-state index in [9.17, 15) is 0 Å². The molecule has 8 heteroatoms. The standard InChI is InChI=1S/C17H11N4.C7H9N2S.Sn/c1-2-5-14-12(4-1)9-18-11-17(14)21-13-8-16-15(20-10-13)6-3-7-19-16;1-2-4-6(3-1)7-9-8-5-10-7;/h1-6,8-11,21H;6H,1-4H2;. The van der Waals surface area contributed by atoms with E-state index in [0.29, 0.717) is 5.92 Å². The van der Waals surface area contributed by atoms with Crippen molar-refractivity contribution < 1.29 is 0 Å². The molecule has 5 aromatic rings. The summed E-state index contributed by atoms with van der Waals surface area (Å²) in [5.74, 6) is 0.631. The number of pyridine rings is 3. The molecule has 2 radical (unpaired) electrons. The fraction of sp³-hybridized carbons (Fsp3) is 0.208. The zero-order valence-electron chi connectivity index (χ0n) is 17.3. The molecular weight excluding hydrogens is 523 g/mol. The Kier molecular flexibility index (Phi) is 5.44. The second-order valence-corrected chi connectivity index (χ2v) is 13.6. The summed E-state index contributed by atoms with van der Waals surface area (Å²) in [5, 5.41) is 15.9. The monoisotopic (exact) mass is 544 g/mol. The van der Waals surface area contributed by atoms with Crippen LogP contribution in [0.3, 0.4) is 0 Å². The third kappa shape index (κ3) is 4.06. The van der Waals surface area contributed by atoms with Crippen LogP contribution in [0.2, 0.25) is 0 Å². The minimum absolute atomic E-state index is 0.631. The van der Waals surface area contributed by atoms with E-state index in [1.807, 2.05) is 42.1 Å². The average molecular weight is 543 g/mol. The van der Waals surface area contributed by atoms with Crippen LogP contribution >= 0.6 is 11.3 Å². The molecule has 6 nitrogen and oxygen atoms in total. The van der Waals surface area contributed by atoms with Crippen molar-refractivity contribution in [2.45, 2.75) is 31.6 Å². The molecule has 1 aromatic carbocycles. The van der Waals surface area contributed by atoms with Crippen molar-refractivity contribution in [1.82, 2.24) is 25.1 Å². The molecule has 0 aliphatic heterocycles. The van der Waals surface area contributed by atoms with Crippen molar-refractivity contribution in [3.63, 3.8) is 0 Å². The van der Waals surface area contributed by atoms with E-state index in [4.69, 9.17) is 4.98 Å². The molecule has 1 saturated carbocycles. The maximum absolute atomic E-state index is 4.94. The normalized spacial score (nSPS) is 14.4. The van der Waals surface area contributed by atoms with Crippen molar-refractivity contribution in [2.75, 3.05) is 5.32 Å². The Morgan fingerprint density at radius 3 is 2.78 bits per heavy atom. The number of fused-ring (bicyclic) bond motifs is 2. The van der Waals surface area contributed by atoms with Gasteiger partial charge in [-0.3, -0.25) is 0 Å². The van der Waals surface area contributed by atoms with Gasteiger partial charge >= 0.3 is 201 Å². The molecule has 1 N–H and O–H groups in total. The number of benzene rings is 1. The van der Waals surface area contributed by atoms with Crippen LogP contribution in [0.5, 0.6) is 0 Å². The van der Waals surface area contributed by atoms with Crippen LogP contribution in [-0.4, -0.2) is 46.3 Å². The van der Waals surface area contributed by atoms with Gasteiger partial charge in [-0.1, -0.05) is 0 Å². The van der Waals surface area contributed by atoms with E-state index in [1.165, 1.54) is 33.7 Å². The van der Waals surface area contributed by atoms with Gasteiger partial charge in [0, 0.05) is 0 Å². The number of anilines is 2. The summed E-state index contributed by atoms with van der Waals surface area (Å²) >= 11 is 0.740. The van der Waals surface area contributed by atoms with Crippen LogP contribution in [0, 0.1) is 0 Å². The molecule has 32 heavy (non-hydrogen) atoms.